The molecule has 1 N–H and O–H groups in total. The highest BCUT2D eigenvalue weighted by Crippen LogP contribution is 2.31. The topological polar surface area (TPSA) is 21.3 Å². The van der Waals surface area contributed by atoms with Gasteiger partial charge in [-0.2, -0.15) is 13.2 Å². The first-order valence-electron chi connectivity index (χ1n) is 5.99. The van der Waals surface area contributed by atoms with Crippen molar-refractivity contribution >= 4 is 0 Å². The van der Waals surface area contributed by atoms with Gasteiger partial charge in [0.05, 0.1) is 18.2 Å². The summed E-state index contributed by atoms with van der Waals surface area (Å²) in [4.78, 5) is 0. The maximum absolute atomic E-state index is 13.7. The van der Waals surface area contributed by atoms with E-state index >= 15 is 0 Å². The molecule has 0 fully saturated rings. The van der Waals surface area contributed by atoms with Crippen molar-refractivity contribution < 1.29 is 22.3 Å². The molecular weight excluding hydrogens is 262 g/mol. The predicted molar refractivity (Wildman–Crippen MR) is 64.3 cm³/mol. The summed E-state index contributed by atoms with van der Waals surface area (Å²) >= 11 is 0. The fraction of sp³-hybridized carbons (Fsp3) is 0.538. The average molecular weight is 279 g/mol. The molecule has 0 bridgehead atoms. The number of hydrogen-bond donors (Lipinski definition) is 1. The van der Waals surface area contributed by atoms with Gasteiger partial charge in [-0.3, -0.25) is 0 Å². The van der Waals surface area contributed by atoms with Crippen LogP contribution in [0.15, 0.2) is 18.2 Å². The maximum atomic E-state index is 13.7. The molecule has 1 aromatic carbocycles. The van der Waals surface area contributed by atoms with E-state index in [1.807, 2.05) is 6.92 Å². The summed E-state index contributed by atoms with van der Waals surface area (Å²) in [6.07, 6.45) is -3.69. The summed E-state index contributed by atoms with van der Waals surface area (Å²) < 4.78 is 56.5. The monoisotopic (exact) mass is 279 g/mol. The zero-order valence-corrected chi connectivity index (χ0v) is 10.9. The Hall–Kier alpha value is -1.14. The SMILES string of the molecule is CCCNC(COC)c1cc(C(F)(F)F)ccc1F. The van der Waals surface area contributed by atoms with Crippen molar-refractivity contribution in [2.45, 2.75) is 25.6 Å². The van der Waals surface area contributed by atoms with Gasteiger partial charge in [0.25, 0.3) is 0 Å². The quantitative estimate of drug-likeness (QED) is 0.804. The first-order chi connectivity index (χ1) is 8.90. The molecule has 1 rings (SSSR count). The third kappa shape index (κ3) is 4.47. The maximum Gasteiger partial charge on any atom is 0.416 e. The van der Waals surface area contributed by atoms with Crippen LogP contribution in [0.1, 0.15) is 30.5 Å². The van der Waals surface area contributed by atoms with Gasteiger partial charge in [0, 0.05) is 12.7 Å². The minimum atomic E-state index is -4.48. The highest BCUT2D eigenvalue weighted by atomic mass is 19.4. The van der Waals surface area contributed by atoms with Crippen LogP contribution >= 0.6 is 0 Å². The Bertz CT molecular complexity index is 406. The number of ether oxygens (including phenoxy) is 1. The van der Waals surface area contributed by atoms with Crippen LogP contribution in [0.2, 0.25) is 0 Å². The number of hydrogen-bond acceptors (Lipinski definition) is 2. The summed E-state index contributed by atoms with van der Waals surface area (Å²) in [7, 11) is 1.42. The summed E-state index contributed by atoms with van der Waals surface area (Å²) in [5.74, 6) is -0.668. The van der Waals surface area contributed by atoms with E-state index in [0.29, 0.717) is 6.54 Å². The van der Waals surface area contributed by atoms with Gasteiger partial charge in [-0.15, -0.1) is 0 Å². The van der Waals surface area contributed by atoms with Gasteiger partial charge in [0.1, 0.15) is 5.82 Å². The predicted octanol–water partition coefficient (Wildman–Crippen LogP) is 3.53. The molecule has 0 amide bonds. The molecule has 0 spiro atoms. The number of rotatable bonds is 6. The van der Waals surface area contributed by atoms with E-state index < -0.39 is 23.6 Å². The van der Waals surface area contributed by atoms with E-state index in [2.05, 4.69) is 5.32 Å². The van der Waals surface area contributed by atoms with Gasteiger partial charge in [-0.05, 0) is 31.2 Å². The third-order valence-electron chi connectivity index (χ3n) is 2.67. The third-order valence-corrected chi connectivity index (χ3v) is 2.67. The smallest absolute Gasteiger partial charge is 0.383 e. The Balaban J connectivity index is 3.06. The number of benzene rings is 1. The molecule has 108 valence electrons. The Morgan fingerprint density at radius 2 is 2.00 bits per heavy atom. The first kappa shape index (κ1) is 15.9. The van der Waals surface area contributed by atoms with Crippen LogP contribution < -0.4 is 5.32 Å². The molecule has 2 nitrogen and oxygen atoms in total. The van der Waals surface area contributed by atoms with Gasteiger partial charge in [-0.25, -0.2) is 4.39 Å². The fourth-order valence-electron chi connectivity index (χ4n) is 1.73. The van der Waals surface area contributed by atoms with E-state index in [1.165, 1.54) is 7.11 Å². The van der Waals surface area contributed by atoms with E-state index in [-0.39, 0.29) is 12.2 Å². The molecule has 1 atom stereocenters. The second-order valence-electron chi connectivity index (χ2n) is 4.20. The van der Waals surface area contributed by atoms with Crippen LogP contribution in [0.4, 0.5) is 17.6 Å². The molecule has 1 unspecified atom stereocenters. The Morgan fingerprint density at radius 1 is 1.32 bits per heavy atom. The molecule has 6 heteroatoms. The van der Waals surface area contributed by atoms with Crippen molar-refractivity contribution in [2.75, 3.05) is 20.3 Å². The van der Waals surface area contributed by atoms with Crippen molar-refractivity contribution in [2.24, 2.45) is 0 Å². The van der Waals surface area contributed by atoms with E-state index in [0.717, 1.165) is 24.6 Å². The van der Waals surface area contributed by atoms with Crippen LogP contribution in [0.25, 0.3) is 0 Å². The standard InChI is InChI=1S/C13H17F4NO/c1-3-6-18-12(8-19-2)10-7-9(13(15,16)17)4-5-11(10)14/h4-5,7,12,18H,3,6,8H2,1-2H3. The van der Waals surface area contributed by atoms with Crippen molar-refractivity contribution in [3.05, 3.63) is 35.1 Å². The summed E-state index contributed by atoms with van der Waals surface area (Å²) in [5.41, 5.74) is -0.881. The minimum absolute atomic E-state index is 0.0230. The van der Waals surface area contributed by atoms with Gasteiger partial charge in [-0.1, -0.05) is 6.92 Å². The van der Waals surface area contributed by atoms with Gasteiger partial charge in [0.15, 0.2) is 0 Å². The van der Waals surface area contributed by atoms with Gasteiger partial charge in [0.2, 0.25) is 0 Å². The summed E-state index contributed by atoms with van der Waals surface area (Å²) in [6.45, 7) is 2.60. The highest BCUT2D eigenvalue weighted by Gasteiger charge is 2.32. The molecule has 0 saturated carbocycles. The zero-order valence-electron chi connectivity index (χ0n) is 10.9. The molecule has 0 aliphatic rings. The lowest BCUT2D eigenvalue weighted by Gasteiger charge is -2.20. The van der Waals surface area contributed by atoms with Crippen LogP contribution in [-0.4, -0.2) is 20.3 Å². The molecule has 0 aliphatic carbocycles. The van der Waals surface area contributed by atoms with Crippen LogP contribution in [0.5, 0.6) is 0 Å². The highest BCUT2D eigenvalue weighted by molar-refractivity contribution is 5.29. The lowest BCUT2D eigenvalue weighted by atomic mass is 10.0. The molecular formula is C13H17F4NO. The van der Waals surface area contributed by atoms with Gasteiger partial charge < -0.3 is 10.1 Å². The minimum Gasteiger partial charge on any atom is -0.383 e. The Kier molecular flexibility index (Phi) is 5.75. The molecule has 0 heterocycles. The van der Waals surface area contributed by atoms with Crippen molar-refractivity contribution in [1.82, 2.24) is 5.32 Å². The number of alkyl halides is 3. The molecule has 1 aromatic rings. The molecule has 0 saturated heterocycles. The zero-order chi connectivity index (χ0) is 14.5. The van der Waals surface area contributed by atoms with Crippen molar-refractivity contribution in [1.29, 1.82) is 0 Å². The van der Waals surface area contributed by atoms with Gasteiger partial charge >= 0.3 is 6.18 Å². The second kappa shape index (κ2) is 6.86. The number of halogens is 4. The van der Waals surface area contributed by atoms with Crippen LogP contribution in [0, 0.1) is 5.82 Å². The second-order valence-corrected chi connectivity index (χ2v) is 4.20. The van der Waals surface area contributed by atoms with Crippen LogP contribution in [0.3, 0.4) is 0 Å². The molecule has 0 radical (unpaired) electrons. The average Bonchev–Trinajstić information content (AvgIpc) is 2.34. The van der Waals surface area contributed by atoms with Crippen molar-refractivity contribution in [3.8, 4) is 0 Å². The number of methoxy groups -OCH3 is 1. The largest absolute Gasteiger partial charge is 0.416 e. The van der Waals surface area contributed by atoms with E-state index in [9.17, 15) is 17.6 Å². The Morgan fingerprint density at radius 3 is 2.53 bits per heavy atom. The summed E-state index contributed by atoms with van der Waals surface area (Å²) in [5, 5.41) is 2.97. The summed E-state index contributed by atoms with van der Waals surface area (Å²) in [6, 6.07) is 1.82. The molecule has 0 aliphatic heterocycles. The normalized spacial score (nSPS) is 13.6. The molecule has 19 heavy (non-hydrogen) atoms. The number of nitrogens with one attached hydrogen (secondary N) is 1. The molecule has 0 aromatic heterocycles. The first-order valence-corrected chi connectivity index (χ1v) is 5.99. The lowest BCUT2D eigenvalue weighted by Crippen LogP contribution is -2.27. The van der Waals surface area contributed by atoms with E-state index in [1.54, 1.807) is 0 Å². The fourth-order valence-corrected chi connectivity index (χ4v) is 1.73. The van der Waals surface area contributed by atoms with Crippen LogP contribution in [-0.2, 0) is 10.9 Å². The van der Waals surface area contributed by atoms with E-state index in [4.69, 9.17) is 4.74 Å². The Labute approximate surface area is 109 Å². The lowest BCUT2D eigenvalue weighted by molar-refractivity contribution is -0.137. The van der Waals surface area contributed by atoms with Crippen molar-refractivity contribution in [3.63, 3.8) is 0 Å².